The molecule has 0 aliphatic carbocycles. The molecule has 0 radical (unpaired) electrons. The van der Waals surface area contributed by atoms with Gasteiger partial charge in [0.05, 0.1) is 4.88 Å². The summed E-state index contributed by atoms with van der Waals surface area (Å²) in [5.74, 6) is 1.10. The Kier molecular flexibility index (Phi) is 3.91. The molecule has 120 valence electrons. The molecule has 0 spiro atoms. The molecule has 2 atom stereocenters. The van der Waals surface area contributed by atoms with Gasteiger partial charge in [-0.2, -0.15) is 0 Å². The predicted octanol–water partition coefficient (Wildman–Crippen LogP) is 3.09. The fourth-order valence-electron chi connectivity index (χ4n) is 3.83. The van der Waals surface area contributed by atoms with Gasteiger partial charge in [-0.05, 0) is 41.0 Å². The smallest absolute Gasteiger partial charge is 0.263 e. The standard InChI is InChI=1S/C18H19FN2OS/c19-16-4-1-3-13(7-16)8-20-9-14-11-21(12-15(14)10-20)18(22)17-5-2-6-23-17/h1-7,14-15H,8-12H2/t14-,15+. The Hall–Kier alpha value is -1.72. The minimum absolute atomic E-state index is 0.172. The molecular weight excluding hydrogens is 311 g/mol. The largest absolute Gasteiger partial charge is 0.337 e. The van der Waals surface area contributed by atoms with Gasteiger partial charge in [-0.3, -0.25) is 9.69 Å². The van der Waals surface area contributed by atoms with E-state index in [9.17, 15) is 9.18 Å². The number of fused-ring (bicyclic) bond motifs is 1. The van der Waals surface area contributed by atoms with E-state index in [-0.39, 0.29) is 11.7 Å². The number of amides is 1. The third-order valence-electron chi connectivity index (χ3n) is 4.88. The molecule has 2 saturated heterocycles. The summed E-state index contributed by atoms with van der Waals surface area (Å²) < 4.78 is 13.3. The lowest BCUT2D eigenvalue weighted by Crippen LogP contribution is -2.32. The minimum atomic E-state index is -0.172. The lowest BCUT2D eigenvalue weighted by atomic mass is 10.0. The van der Waals surface area contributed by atoms with Crippen molar-refractivity contribution in [1.82, 2.24) is 9.80 Å². The Morgan fingerprint density at radius 1 is 1.13 bits per heavy atom. The van der Waals surface area contributed by atoms with E-state index in [4.69, 9.17) is 0 Å². The molecule has 2 fully saturated rings. The Balaban J connectivity index is 1.36. The number of rotatable bonds is 3. The van der Waals surface area contributed by atoms with E-state index >= 15 is 0 Å². The van der Waals surface area contributed by atoms with Crippen LogP contribution in [-0.4, -0.2) is 41.9 Å². The van der Waals surface area contributed by atoms with E-state index in [0.29, 0.717) is 11.8 Å². The first-order chi connectivity index (χ1) is 11.2. The fourth-order valence-corrected chi connectivity index (χ4v) is 4.53. The number of likely N-dealkylation sites (tertiary alicyclic amines) is 2. The van der Waals surface area contributed by atoms with Crippen LogP contribution in [0, 0.1) is 17.7 Å². The van der Waals surface area contributed by atoms with Crippen molar-refractivity contribution in [2.45, 2.75) is 6.54 Å². The average molecular weight is 330 g/mol. The zero-order valence-electron chi connectivity index (χ0n) is 12.8. The van der Waals surface area contributed by atoms with Crippen LogP contribution >= 0.6 is 11.3 Å². The normalized spacial score (nSPS) is 24.1. The van der Waals surface area contributed by atoms with Crippen LogP contribution in [0.15, 0.2) is 41.8 Å². The summed E-state index contributed by atoms with van der Waals surface area (Å²) in [7, 11) is 0. The van der Waals surface area contributed by atoms with Crippen LogP contribution in [0.1, 0.15) is 15.2 Å². The van der Waals surface area contributed by atoms with E-state index in [0.717, 1.165) is 43.2 Å². The number of carbonyl (C=O) groups is 1. The molecule has 1 aromatic carbocycles. The van der Waals surface area contributed by atoms with Gasteiger partial charge in [-0.15, -0.1) is 11.3 Å². The Labute approximate surface area is 139 Å². The summed E-state index contributed by atoms with van der Waals surface area (Å²) in [4.78, 5) is 17.7. The molecule has 2 aliphatic heterocycles. The highest BCUT2D eigenvalue weighted by atomic mass is 32.1. The van der Waals surface area contributed by atoms with Gasteiger partial charge in [-0.25, -0.2) is 4.39 Å². The van der Waals surface area contributed by atoms with Gasteiger partial charge < -0.3 is 4.90 Å². The van der Waals surface area contributed by atoms with E-state index in [1.807, 2.05) is 28.5 Å². The first-order valence-electron chi connectivity index (χ1n) is 7.98. The molecule has 0 saturated carbocycles. The zero-order valence-corrected chi connectivity index (χ0v) is 13.6. The average Bonchev–Trinajstić information content (AvgIpc) is 3.22. The van der Waals surface area contributed by atoms with Crippen molar-refractivity contribution >= 4 is 17.2 Å². The van der Waals surface area contributed by atoms with E-state index in [2.05, 4.69) is 4.90 Å². The van der Waals surface area contributed by atoms with E-state index in [1.54, 1.807) is 12.1 Å². The number of halogens is 1. The molecular formula is C18H19FN2OS. The number of thiophene rings is 1. The van der Waals surface area contributed by atoms with Crippen molar-refractivity contribution in [3.63, 3.8) is 0 Å². The predicted molar refractivity (Wildman–Crippen MR) is 88.9 cm³/mol. The van der Waals surface area contributed by atoms with Crippen molar-refractivity contribution in [2.75, 3.05) is 26.2 Å². The molecule has 3 nitrogen and oxygen atoms in total. The molecule has 4 rings (SSSR count). The first kappa shape index (κ1) is 14.8. The van der Waals surface area contributed by atoms with Gasteiger partial charge in [0.25, 0.3) is 5.91 Å². The maximum Gasteiger partial charge on any atom is 0.263 e. The van der Waals surface area contributed by atoms with Crippen LogP contribution in [-0.2, 0) is 6.54 Å². The topological polar surface area (TPSA) is 23.6 Å². The Morgan fingerprint density at radius 2 is 1.91 bits per heavy atom. The van der Waals surface area contributed by atoms with E-state index in [1.165, 1.54) is 17.4 Å². The molecule has 5 heteroatoms. The van der Waals surface area contributed by atoms with Crippen LogP contribution in [0.3, 0.4) is 0 Å². The Morgan fingerprint density at radius 3 is 2.57 bits per heavy atom. The van der Waals surface area contributed by atoms with Crippen LogP contribution in [0.2, 0.25) is 0 Å². The third-order valence-corrected chi connectivity index (χ3v) is 5.73. The highest BCUT2D eigenvalue weighted by Crippen LogP contribution is 2.33. The SMILES string of the molecule is O=C(c1cccs1)N1C[C@H]2CN(Cc3cccc(F)c3)C[C@H]2C1. The summed E-state index contributed by atoms with van der Waals surface area (Å²) in [6, 6.07) is 10.7. The van der Waals surface area contributed by atoms with Gasteiger partial charge in [0.15, 0.2) is 0 Å². The molecule has 2 aromatic rings. The summed E-state index contributed by atoms with van der Waals surface area (Å²) in [5, 5.41) is 1.95. The number of benzene rings is 1. The molecule has 23 heavy (non-hydrogen) atoms. The summed E-state index contributed by atoms with van der Waals surface area (Å²) in [6.07, 6.45) is 0. The molecule has 0 bridgehead atoms. The summed E-state index contributed by atoms with van der Waals surface area (Å²) >= 11 is 1.51. The maximum atomic E-state index is 13.3. The second-order valence-electron chi connectivity index (χ2n) is 6.53. The van der Waals surface area contributed by atoms with Crippen LogP contribution in [0.5, 0.6) is 0 Å². The number of hydrogen-bond donors (Lipinski definition) is 0. The zero-order chi connectivity index (χ0) is 15.8. The van der Waals surface area contributed by atoms with Gasteiger partial charge >= 0.3 is 0 Å². The third kappa shape index (κ3) is 3.03. The maximum absolute atomic E-state index is 13.3. The molecule has 2 aliphatic rings. The second kappa shape index (κ2) is 6.06. The lowest BCUT2D eigenvalue weighted by molar-refractivity contribution is 0.0778. The summed E-state index contributed by atoms with van der Waals surface area (Å²) in [6.45, 7) is 4.48. The molecule has 1 amide bonds. The van der Waals surface area contributed by atoms with Crippen LogP contribution in [0.4, 0.5) is 4.39 Å². The van der Waals surface area contributed by atoms with Crippen molar-refractivity contribution in [3.8, 4) is 0 Å². The Bertz CT molecular complexity index is 689. The quantitative estimate of drug-likeness (QED) is 0.863. The van der Waals surface area contributed by atoms with Crippen molar-refractivity contribution in [2.24, 2.45) is 11.8 Å². The molecule has 3 heterocycles. The minimum Gasteiger partial charge on any atom is -0.337 e. The summed E-state index contributed by atoms with van der Waals surface area (Å²) in [5.41, 5.74) is 1.02. The second-order valence-corrected chi connectivity index (χ2v) is 7.48. The van der Waals surface area contributed by atoms with Gasteiger partial charge in [0.2, 0.25) is 0 Å². The number of nitrogens with zero attached hydrogens (tertiary/aromatic N) is 2. The number of hydrogen-bond acceptors (Lipinski definition) is 3. The van der Waals surface area contributed by atoms with Crippen molar-refractivity contribution < 1.29 is 9.18 Å². The highest BCUT2D eigenvalue weighted by molar-refractivity contribution is 7.12. The fraction of sp³-hybridized carbons (Fsp3) is 0.389. The number of carbonyl (C=O) groups excluding carboxylic acids is 1. The van der Waals surface area contributed by atoms with Gasteiger partial charge in [0, 0.05) is 32.7 Å². The lowest BCUT2D eigenvalue weighted by Gasteiger charge is -2.21. The first-order valence-corrected chi connectivity index (χ1v) is 8.86. The van der Waals surface area contributed by atoms with Crippen molar-refractivity contribution in [3.05, 3.63) is 58.0 Å². The van der Waals surface area contributed by atoms with Gasteiger partial charge in [0.1, 0.15) is 5.82 Å². The molecule has 1 aromatic heterocycles. The molecule has 0 N–H and O–H groups in total. The van der Waals surface area contributed by atoms with Crippen molar-refractivity contribution in [1.29, 1.82) is 0 Å². The van der Waals surface area contributed by atoms with Gasteiger partial charge in [-0.1, -0.05) is 18.2 Å². The van der Waals surface area contributed by atoms with E-state index < -0.39 is 0 Å². The van der Waals surface area contributed by atoms with Crippen LogP contribution < -0.4 is 0 Å². The highest BCUT2D eigenvalue weighted by Gasteiger charge is 2.41. The van der Waals surface area contributed by atoms with Crippen LogP contribution in [0.25, 0.3) is 0 Å². The molecule has 0 unspecified atom stereocenters. The monoisotopic (exact) mass is 330 g/mol.